The number of likely N-dealkylation sites (N-methyl/N-ethyl adjacent to an activating group) is 1. The molecule has 1 aromatic carbocycles. The van der Waals surface area contributed by atoms with Crippen LogP contribution < -0.4 is 0 Å². The molecule has 2 heteroatoms. The Hall–Kier alpha value is -0.860. The lowest BCUT2D eigenvalue weighted by Crippen LogP contribution is -2.45. The highest BCUT2D eigenvalue weighted by molar-refractivity contribution is 5.40. The average Bonchev–Trinajstić information content (AvgIpc) is 2.74. The van der Waals surface area contributed by atoms with Gasteiger partial charge in [0.2, 0.25) is 0 Å². The molecule has 2 nitrogen and oxygen atoms in total. The fourth-order valence-corrected chi connectivity index (χ4v) is 2.85. The normalized spacial score (nSPS) is 26.9. The third kappa shape index (κ3) is 1.76. The zero-order valence-corrected chi connectivity index (χ0v) is 9.89. The van der Waals surface area contributed by atoms with Gasteiger partial charge in [0.25, 0.3) is 0 Å². The maximum Gasteiger partial charge on any atom is 0.0358 e. The van der Waals surface area contributed by atoms with E-state index in [4.69, 9.17) is 0 Å². The van der Waals surface area contributed by atoms with Gasteiger partial charge in [-0.05, 0) is 31.0 Å². The molecule has 16 heavy (non-hydrogen) atoms. The van der Waals surface area contributed by atoms with Gasteiger partial charge in [-0.2, -0.15) is 0 Å². The second-order valence-electron chi connectivity index (χ2n) is 4.92. The standard InChI is InChI=1S/C14H19N2/c1-15-8-10-16(11-9-15)14-7-6-12-4-2-3-5-13(12)14/h2-6,14H,7-11H2,1H3. The van der Waals surface area contributed by atoms with Crippen molar-refractivity contribution in [2.75, 3.05) is 33.2 Å². The zero-order chi connectivity index (χ0) is 11.0. The van der Waals surface area contributed by atoms with Crippen molar-refractivity contribution in [2.45, 2.75) is 12.5 Å². The van der Waals surface area contributed by atoms with E-state index in [1.54, 1.807) is 0 Å². The molecule has 1 aliphatic carbocycles. The summed E-state index contributed by atoms with van der Waals surface area (Å²) in [5, 5.41) is 0. The molecule has 1 aliphatic heterocycles. The first-order valence-corrected chi connectivity index (χ1v) is 6.19. The lowest BCUT2D eigenvalue weighted by atomic mass is 10.1. The van der Waals surface area contributed by atoms with Gasteiger partial charge in [0, 0.05) is 32.2 Å². The molecule has 1 aromatic rings. The molecular weight excluding hydrogens is 196 g/mol. The average molecular weight is 215 g/mol. The van der Waals surface area contributed by atoms with E-state index in [0.29, 0.717) is 6.04 Å². The molecule has 3 rings (SSSR count). The predicted molar refractivity (Wildman–Crippen MR) is 66.3 cm³/mol. The van der Waals surface area contributed by atoms with Crippen molar-refractivity contribution >= 4 is 0 Å². The topological polar surface area (TPSA) is 6.48 Å². The second-order valence-corrected chi connectivity index (χ2v) is 4.92. The van der Waals surface area contributed by atoms with E-state index < -0.39 is 0 Å². The summed E-state index contributed by atoms with van der Waals surface area (Å²) in [5.74, 6) is 0. The van der Waals surface area contributed by atoms with Crippen LogP contribution in [0, 0.1) is 6.42 Å². The minimum Gasteiger partial charge on any atom is -0.304 e. The van der Waals surface area contributed by atoms with Crippen molar-refractivity contribution in [2.24, 2.45) is 0 Å². The lowest BCUT2D eigenvalue weighted by molar-refractivity contribution is 0.114. The molecule has 0 spiro atoms. The molecule has 1 atom stereocenters. The molecule has 1 fully saturated rings. The molecule has 1 heterocycles. The fraction of sp³-hybridized carbons (Fsp3) is 0.500. The van der Waals surface area contributed by atoms with E-state index >= 15 is 0 Å². The van der Waals surface area contributed by atoms with Gasteiger partial charge >= 0.3 is 0 Å². The van der Waals surface area contributed by atoms with Crippen molar-refractivity contribution < 1.29 is 0 Å². The second kappa shape index (κ2) is 4.19. The van der Waals surface area contributed by atoms with Crippen molar-refractivity contribution in [3.05, 3.63) is 41.8 Å². The van der Waals surface area contributed by atoms with E-state index in [-0.39, 0.29) is 0 Å². The summed E-state index contributed by atoms with van der Waals surface area (Å²) in [6.45, 7) is 4.84. The number of hydrogen-bond donors (Lipinski definition) is 0. The Bertz CT molecular complexity index is 367. The van der Waals surface area contributed by atoms with E-state index in [9.17, 15) is 0 Å². The maximum atomic E-state index is 2.64. The molecule has 0 saturated carbocycles. The molecular formula is C14H19N2. The van der Waals surface area contributed by atoms with E-state index in [2.05, 4.69) is 47.5 Å². The number of rotatable bonds is 1. The van der Waals surface area contributed by atoms with Crippen LogP contribution in [0.1, 0.15) is 23.6 Å². The third-order valence-electron chi connectivity index (χ3n) is 3.89. The zero-order valence-electron chi connectivity index (χ0n) is 9.89. The predicted octanol–water partition coefficient (Wildman–Crippen LogP) is 1.93. The number of nitrogens with zero attached hydrogens (tertiary/aromatic N) is 2. The summed E-state index contributed by atoms with van der Waals surface area (Å²) in [7, 11) is 2.21. The first kappa shape index (κ1) is 10.3. The first-order valence-electron chi connectivity index (χ1n) is 6.19. The summed E-state index contributed by atoms with van der Waals surface area (Å²) >= 11 is 0. The highest BCUT2D eigenvalue weighted by Gasteiger charge is 2.29. The van der Waals surface area contributed by atoms with Gasteiger partial charge in [-0.25, -0.2) is 0 Å². The minimum atomic E-state index is 0.643. The van der Waals surface area contributed by atoms with Gasteiger partial charge in [0.15, 0.2) is 0 Å². The van der Waals surface area contributed by atoms with Gasteiger partial charge in [0.1, 0.15) is 0 Å². The van der Waals surface area contributed by atoms with Crippen molar-refractivity contribution in [3.63, 3.8) is 0 Å². The van der Waals surface area contributed by atoms with E-state index in [0.717, 1.165) is 0 Å². The molecule has 0 amide bonds. The summed E-state index contributed by atoms with van der Waals surface area (Å²) in [5.41, 5.74) is 2.98. The SMILES string of the molecule is CN1CCN(C2C[CH]c3ccccc32)CC1. The van der Waals surface area contributed by atoms with Crippen LogP contribution in [-0.2, 0) is 0 Å². The summed E-state index contributed by atoms with van der Waals surface area (Å²) < 4.78 is 0. The van der Waals surface area contributed by atoms with Crippen LogP contribution in [0.25, 0.3) is 0 Å². The Morgan fingerprint density at radius 2 is 1.81 bits per heavy atom. The quantitative estimate of drug-likeness (QED) is 0.706. The Morgan fingerprint density at radius 3 is 2.62 bits per heavy atom. The van der Waals surface area contributed by atoms with Gasteiger partial charge in [-0.3, -0.25) is 4.90 Å². The Kier molecular flexibility index (Phi) is 2.70. The van der Waals surface area contributed by atoms with Crippen LogP contribution in [0.15, 0.2) is 24.3 Å². The molecule has 1 unspecified atom stereocenters. The van der Waals surface area contributed by atoms with Crippen LogP contribution in [-0.4, -0.2) is 43.0 Å². The third-order valence-corrected chi connectivity index (χ3v) is 3.89. The smallest absolute Gasteiger partial charge is 0.0358 e. The number of piperazine rings is 1. The van der Waals surface area contributed by atoms with Crippen LogP contribution in [0.2, 0.25) is 0 Å². The largest absolute Gasteiger partial charge is 0.304 e. The molecule has 1 saturated heterocycles. The summed E-state index contributed by atoms with van der Waals surface area (Å²) in [6, 6.07) is 9.49. The summed E-state index contributed by atoms with van der Waals surface area (Å²) in [6.07, 6.45) is 3.58. The van der Waals surface area contributed by atoms with Crippen molar-refractivity contribution in [3.8, 4) is 0 Å². The Morgan fingerprint density at radius 1 is 1.06 bits per heavy atom. The lowest BCUT2D eigenvalue weighted by Gasteiger charge is -2.36. The summed E-state index contributed by atoms with van der Waals surface area (Å²) in [4.78, 5) is 5.06. The van der Waals surface area contributed by atoms with Gasteiger partial charge in [-0.15, -0.1) is 0 Å². The molecule has 1 radical (unpaired) electrons. The molecule has 2 aliphatic rings. The number of fused-ring (bicyclic) bond motifs is 1. The highest BCUT2D eigenvalue weighted by Crippen LogP contribution is 2.36. The number of benzene rings is 1. The van der Waals surface area contributed by atoms with Gasteiger partial charge in [-0.1, -0.05) is 24.3 Å². The first-order chi connectivity index (χ1) is 7.84. The maximum absolute atomic E-state index is 2.64. The van der Waals surface area contributed by atoms with Gasteiger partial charge < -0.3 is 4.90 Å². The van der Waals surface area contributed by atoms with Gasteiger partial charge in [0.05, 0.1) is 0 Å². The Balaban J connectivity index is 1.77. The van der Waals surface area contributed by atoms with Crippen LogP contribution >= 0.6 is 0 Å². The molecule has 0 bridgehead atoms. The van der Waals surface area contributed by atoms with E-state index in [1.165, 1.54) is 43.7 Å². The highest BCUT2D eigenvalue weighted by atomic mass is 15.3. The fourth-order valence-electron chi connectivity index (χ4n) is 2.85. The minimum absolute atomic E-state index is 0.643. The molecule has 0 N–H and O–H groups in total. The van der Waals surface area contributed by atoms with Crippen LogP contribution in [0.5, 0.6) is 0 Å². The number of hydrogen-bond acceptors (Lipinski definition) is 2. The molecule has 0 aromatic heterocycles. The molecule has 85 valence electrons. The Labute approximate surface area is 97.9 Å². The van der Waals surface area contributed by atoms with E-state index in [1.807, 2.05) is 0 Å². The van der Waals surface area contributed by atoms with Crippen LogP contribution in [0.3, 0.4) is 0 Å². The van der Waals surface area contributed by atoms with Crippen LogP contribution in [0.4, 0.5) is 0 Å². The monoisotopic (exact) mass is 215 g/mol. The van der Waals surface area contributed by atoms with Crippen molar-refractivity contribution in [1.29, 1.82) is 0 Å². The van der Waals surface area contributed by atoms with Crippen molar-refractivity contribution in [1.82, 2.24) is 9.80 Å².